The molecule has 0 radical (unpaired) electrons. The van der Waals surface area contributed by atoms with Gasteiger partial charge in [-0.25, -0.2) is 0 Å². The molecule has 0 spiro atoms. The van der Waals surface area contributed by atoms with Crippen LogP contribution in [0.3, 0.4) is 0 Å². The highest BCUT2D eigenvalue weighted by atomic mass is 127. The molecule has 0 saturated heterocycles. The zero-order chi connectivity index (χ0) is 8.72. The predicted molar refractivity (Wildman–Crippen MR) is 64.3 cm³/mol. The highest BCUT2D eigenvalue weighted by molar-refractivity contribution is 14.1. The fourth-order valence-corrected chi connectivity index (χ4v) is 2.85. The molecule has 0 nitrogen and oxygen atoms in total. The first-order valence-electron chi connectivity index (χ1n) is 3.52. The molecule has 62 valence electrons. The zero-order valence-electron chi connectivity index (χ0n) is 6.40. The Morgan fingerprint density at radius 3 is 2.92 bits per heavy atom. The molecule has 0 saturated carbocycles. The normalized spacial score (nSPS) is 10.9. The molecule has 2 rings (SSSR count). The van der Waals surface area contributed by atoms with Crippen LogP contribution in [0.5, 0.6) is 0 Å². The van der Waals surface area contributed by atoms with E-state index in [4.69, 9.17) is 11.6 Å². The average Bonchev–Trinajstić information content (AvgIpc) is 2.39. The first kappa shape index (κ1) is 8.78. The molecule has 1 heterocycles. The third-order valence-corrected chi connectivity index (χ3v) is 4.35. The van der Waals surface area contributed by atoms with Crippen LogP contribution in [0.4, 0.5) is 0 Å². The van der Waals surface area contributed by atoms with Gasteiger partial charge in [0, 0.05) is 18.5 Å². The second-order valence-corrected chi connectivity index (χ2v) is 5.46. The topological polar surface area (TPSA) is 0 Å². The molecule has 0 fully saturated rings. The summed E-state index contributed by atoms with van der Waals surface area (Å²) in [5, 5.41) is 2.07. The molecule has 0 aliphatic heterocycles. The van der Waals surface area contributed by atoms with Crippen LogP contribution >= 0.6 is 45.5 Å². The lowest BCUT2D eigenvalue weighted by Gasteiger charge is -1.95. The van der Waals surface area contributed by atoms with E-state index in [9.17, 15) is 0 Å². The van der Waals surface area contributed by atoms with Crippen molar-refractivity contribution >= 4 is 55.6 Å². The van der Waals surface area contributed by atoms with Crippen molar-refractivity contribution in [2.75, 3.05) is 0 Å². The summed E-state index contributed by atoms with van der Waals surface area (Å²) in [6, 6.07) is 6.33. The third-order valence-electron chi connectivity index (χ3n) is 1.71. The van der Waals surface area contributed by atoms with Crippen LogP contribution in [0.1, 0.15) is 4.88 Å². The highest BCUT2D eigenvalue weighted by Crippen LogP contribution is 2.33. The van der Waals surface area contributed by atoms with Crippen molar-refractivity contribution in [3.63, 3.8) is 0 Å². The molecule has 0 aliphatic carbocycles. The van der Waals surface area contributed by atoms with Gasteiger partial charge >= 0.3 is 0 Å². The summed E-state index contributed by atoms with van der Waals surface area (Å²) in [5.41, 5.74) is 0. The summed E-state index contributed by atoms with van der Waals surface area (Å²) in [6.45, 7) is 2.11. The van der Waals surface area contributed by atoms with Crippen LogP contribution in [0.2, 0.25) is 5.02 Å². The van der Waals surface area contributed by atoms with E-state index in [1.54, 1.807) is 11.3 Å². The van der Waals surface area contributed by atoms with Crippen LogP contribution in [0.25, 0.3) is 10.1 Å². The van der Waals surface area contributed by atoms with Crippen LogP contribution in [-0.2, 0) is 0 Å². The molecule has 0 unspecified atom stereocenters. The van der Waals surface area contributed by atoms with Gasteiger partial charge in [-0.1, -0.05) is 11.6 Å². The van der Waals surface area contributed by atoms with E-state index in [0.717, 1.165) is 8.59 Å². The van der Waals surface area contributed by atoms with E-state index in [2.05, 4.69) is 47.7 Å². The molecule has 0 atom stereocenters. The van der Waals surface area contributed by atoms with Gasteiger partial charge in [-0.15, -0.1) is 11.3 Å². The fourth-order valence-electron chi connectivity index (χ4n) is 1.18. The summed E-state index contributed by atoms with van der Waals surface area (Å²) < 4.78 is 2.40. The van der Waals surface area contributed by atoms with E-state index in [0.29, 0.717) is 0 Å². The van der Waals surface area contributed by atoms with Crippen molar-refractivity contribution in [1.29, 1.82) is 0 Å². The van der Waals surface area contributed by atoms with Crippen molar-refractivity contribution in [3.8, 4) is 0 Å². The van der Waals surface area contributed by atoms with E-state index in [1.165, 1.54) is 15.0 Å². The number of hydrogen-bond donors (Lipinski definition) is 0. The molecule has 0 aliphatic rings. The number of hydrogen-bond acceptors (Lipinski definition) is 1. The Balaban J connectivity index is 2.89. The number of aryl methyl sites for hydroxylation is 1. The second-order valence-electron chi connectivity index (χ2n) is 2.63. The predicted octanol–water partition coefficient (Wildman–Crippen LogP) is 4.47. The van der Waals surface area contributed by atoms with Crippen molar-refractivity contribution < 1.29 is 0 Å². The average molecular weight is 309 g/mol. The number of benzene rings is 1. The number of halogens is 2. The lowest BCUT2D eigenvalue weighted by molar-refractivity contribution is 1.65. The molecule has 0 amide bonds. The van der Waals surface area contributed by atoms with Gasteiger partial charge in [-0.3, -0.25) is 0 Å². The maximum atomic E-state index is 6.14. The number of rotatable bonds is 0. The molecular weight excluding hydrogens is 303 g/mol. The molecular formula is C9H6ClIS. The van der Waals surface area contributed by atoms with E-state index in [-0.39, 0.29) is 0 Å². The standard InChI is InChI=1S/C9H6ClIS/c1-5-4-6-8(12-5)3-2-7(11)9(6)10/h2-4H,1H3. The maximum absolute atomic E-state index is 6.14. The third kappa shape index (κ3) is 1.36. The summed E-state index contributed by atoms with van der Waals surface area (Å²) in [4.78, 5) is 1.31. The molecule has 1 aromatic heterocycles. The van der Waals surface area contributed by atoms with Crippen molar-refractivity contribution in [2.45, 2.75) is 6.92 Å². The number of thiophene rings is 1. The highest BCUT2D eigenvalue weighted by Gasteiger charge is 2.05. The monoisotopic (exact) mass is 308 g/mol. The molecule has 3 heteroatoms. The molecule has 0 bridgehead atoms. The lowest BCUT2D eigenvalue weighted by atomic mass is 10.2. The quantitative estimate of drug-likeness (QED) is 0.630. The SMILES string of the molecule is Cc1cc2c(Cl)c(I)ccc2s1. The molecule has 1 aromatic carbocycles. The Bertz CT molecular complexity index is 433. The van der Waals surface area contributed by atoms with Gasteiger partial charge in [0.2, 0.25) is 0 Å². The summed E-state index contributed by atoms with van der Waals surface area (Å²) in [7, 11) is 0. The van der Waals surface area contributed by atoms with Gasteiger partial charge in [0.1, 0.15) is 0 Å². The van der Waals surface area contributed by atoms with Crippen LogP contribution in [0.15, 0.2) is 18.2 Å². The first-order valence-corrected chi connectivity index (χ1v) is 5.80. The van der Waals surface area contributed by atoms with Crippen LogP contribution < -0.4 is 0 Å². The smallest absolute Gasteiger partial charge is 0.0626 e. The summed E-state index contributed by atoms with van der Waals surface area (Å²) in [6.07, 6.45) is 0. The summed E-state index contributed by atoms with van der Waals surface area (Å²) in [5.74, 6) is 0. The van der Waals surface area contributed by atoms with E-state index >= 15 is 0 Å². The van der Waals surface area contributed by atoms with Gasteiger partial charge in [-0.05, 0) is 47.7 Å². The minimum Gasteiger partial charge on any atom is -0.141 e. The van der Waals surface area contributed by atoms with Crippen LogP contribution in [0, 0.1) is 10.5 Å². The Labute approximate surface area is 93.7 Å². The molecule has 0 N–H and O–H groups in total. The van der Waals surface area contributed by atoms with Crippen LogP contribution in [-0.4, -0.2) is 0 Å². The minimum absolute atomic E-state index is 0.887. The minimum atomic E-state index is 0.887. The van der Waals surface area contributed by atoms with E-state index in [1.807, 2.05) is 0 Å². The maximum Gasteiger partial charge on any atom is 0.0626 e. The molecule has 2 aromatic rings. The second kappa shape index (κ2) is 3.16. The van der Waals surface area contributed by atoms with Crippen molar-refractivity contribution in [1.82, 2.24) is 0 Å². The Hall–Kier alpha value is 0.200. The van der Waals surface area contributed by atoms with E-state index < -0.39 is 0 Å². The van der Waals surface area contributed by atoms with Gasteiger partial charge in [0.15, 0.2) is 0 Å². The fraction of sp³-hybridized carbons (Fsp3) is 0.111. The van der Waals surface area contributed by atoms with Crippen molar-refractivity contribution in [2.24, 2.45) is 0 Å². The van der Waals surface area contributed by atoms with Gasteiger partial charge < -0.3 is 0 Å². The zero-order valence-corrected chi connectivity index (χ0v) is 10.1. The van der Waals surface area contributed by atoms with Crippen molar-refractivity contribution in [3.05, 3.63) is 31.7 Å². The lowest BCUT2D eigenvalue weighted by Crippen LogP contribution is -1.72. The number of fused-ring (bicyclic) bond motifs is 1. The van der Waals surface area contributed by atoms with Gasteiger partial charge in [-0.2, -0.15) is 0 Å². The van der Waals surface area contributed by atoms with Gasteiger partial charge in [0.05, 0.1) is 5.02 Å². The van der Waals surface area contributed by atoms with Gasteiger partial charge in [0.25, 0.3) is 0 Å². The Morgan fingerprint density at radius 1 is 1.42 bits per heavy atom. The molecule has 12 heavy (non-hydrogen) atoms. The largest absolute Gasteiger partial charge is 0.141 e. The summed E-state index contributed by atoms with van der Waals surface area (Å²) >= 11 is 10.2. The Morgan fingerprint density at radius 2 is 2.17 bits per heavy atom. The first-order chi connectivity index (χ1) is 5.68. The Kier molecular flexibility index (Phi) is 2.31.